The average Bonchev–Trinajstić information content (AvgIpc) is 3.19. The monoisotopic (exact) mass is 437 g/mol. The number of hydrogen-bond donors (Lipinski definition) is 1. The summed E-state index contributed by atoms with van der Waals surface area (Å²) in [6, 6.07) is 13.1. The van der Waals surface area contributed by atoms with Crippen LogP contribution in [0.1, 0.15) is 74.6 Å². The summed E-state index contributed by atoms with van der Waals surface area (Å²) in [5.41, 5.74) is 2.59. The molecule has 6 nitrogen and oxygen atoms in total. The molecule has 3 rings (SSSR count). The van der Waals surface area contributed by atoms with E-state index in [0.29, 0.717) is 17.1 Å². The van der Waals surface area contributed by atoms with E-state index in [0.717, 1.165) is 29.8 Å². The second-order valence-electron chi connectivity index (χ2n) is 8.14. The zero-order chi connectivity index (χ0) is 22.9. The molecule has 0 saturated heterocycles. The van der Waals surface area contributed by atoms with Crippen molar-refractivity contribution in [3.05, 3.63) is 53.9 Å². The minimum Gasteiger partial charge on any atom is -0.493 e. The van der Waals surface area contributed by atoms with E-state index in [1.54, 1.807) is 32.4 Å². The predicted octanol–water partition coefficient (Wildman–Crippen LogP) is 5.91. The molecule has 1 unspecified atom stereocenters. The number of hydrogen-bond acceptors (Lipinski definition) is 4. The standard InChI is InChI=1S/C26H35N3O3/c1-5-6-7-8-9-12-17-29-22-14-11-10-13-21(22)28-25(29)19(2)27-26(30)20-15-16-23(31-3)24(18-20)32-4/h10-11,13-16,18-19H,5-9,12,17H2,1-4H3,(H,27,30). The summed E-state index contributed by atoms with van der Waals surface area (Å²) in [5, 5.41) is 3.10. The molecule has 0 aliphatic heterocycles. The van der Waals surface area contributed by atoms with Crippen LogP contribution in [0, 0.1) is 0 Å². The summed E-state index contributed by atoms with van der Waals surface area (Å²) in [4.78, 5) is 17.8. The molecule has 32 heavy (non-hydrogen) atoms. The average molecular weight is 438 g/mol. The van der Waals surface area contributed by atoms with Crippen LogP contribution in [0.25, 0.3) is 11.0 Å². The molecule has 1 aromatic heterocycles. The van der Waals surface area contributed by atoms with Gasteiger partial charge in [-0.3, -0.25) is 4.79 Å². The van der Waals surface area contributed by atoms with Crippen LogP contribution in [-0.2, 0) is 6.54 Å². The van der Waals surface area contributed by atoms with Crippen molar-refractivity contribution in [1.82, 2.24) is 14.9 Å². The number of amides is 1. The van der Waals surface area contributed by atoms with Crippen LogP contribution in [0.3, 0.4) is 0 Å². The number of nitrogens with one attached hydrogen (secondary N) is 1. The first-order valence-electron chi connectivity index (χ1n) is 11.6. The van der Waals surface area contributed by atoms with Gasteiger partial charge in [-0.25, -0.2) is 4.98 Å². The molecule has 2 aromatic carbocycles. The van der Waals surface area contributed by atoms with E-state index >= 15 is 0 Å². The number of ether oxygens (including phenoxy) is 2. The van der Waals surface area contributed by atoms with Crippen molar-refractivity contribution in [1.29, 1.82) is 0 Å². The van der Waals surface area contributed by atoms with Gasteiger partial charge in [0, 0.05) is 12.1 Å². The Morgan fingerprint density at radius 2 is 1.72 bits per heavy atom. The summed E-state index contributed by atoms with van der Waals surface area (Å²) in [6.07, 6.45) is 7.44. The number of methoxy groups -OCH3 is 2. The lowest BCUT2D eigenvalue weighted by Gasteiger charge is -2.17. The number of aryl methyl sites for hydroxylation is 1. The Labute approximate surface area is 190 Å². The van der Waals surface area contributed by atoms with Gasteiger partial charge >= 0.3 is 0 Å². The van der Waals surface area contributed by atoms with Gasteiger partial charge in [0.2, 0.25) is 0 Å². The Morgan fingerprint density at radius 3 is 2.47 bits per heavy atom. The Bertz CT molecular complexity index is 1030. The lowest BCUT2D eigenvalue weighted by atomic mass is 10.1. The molecule has 1 N–H and O–H groups in total. The Hall–Kier alpha value is -3.02. The van der Waals surface area contributed by atoms with Gasteiger partial charge in [0.1, 0.15) is 5.82 Å². The van der Waals surface area contributed by atoms with Crippen molar-refractivity contribution in [3.63, 3.8) is 0 Å². The molecule has 0 aliphatic rings. The summed E-state index contributed by atoms with van der Waals surface area (Å²) < 4.78 is 12.9. The number of imidazole rings is 1. The van der Waals surface area contributed by atoms with Gasteiger partial charge in [0.15, 0.2) is 11.5 Å². The first-order valence-corrected chi connectivity index (χ1v) is 11.6. The van der Waals surface area contributed by atoms with Crippen LogP contribution < -0.4 is 14.8 Å². The molecule has 0 aliphatic carbocycles. The fraction of sp³-hybridized carbons (Fsp3) is 0.462. The molecular formula is C26H35N3O3. The molecule has 0 spiro atoms. The molecule has 3 aromatic rings. The van der Waals surface area contributed by atoms with Gasteiger partial charge in [0.05, 0.1) is 31.3 Å². The molecule has 172 valence electrons. The topological polar surface area (TPSA) is 65.4 Å². The van der Waals surface area contributed by atoms with Gasteiger partial charge < -0.3 is 19.4 Å². The molecule has 0 bridgehead atoms. The zero-order valence-corrected chi connectivity index (χ0v) is 19.7. The molecular weight excluding hydrogens is 402 g/mol. The first kappa shape index (κ1) is 23.6. The number of rotatable bonds is 12. The second-order valence-corrected chi connectivity index (χ2v) is 8.14. The van der Waals surface area contributed by atoms with Crippen LogP contribution in [0.4, 0.5) is 0 Å². The number of benzene rings is 2. The van der Waals surface area contributed by atoms with Gasteiger partial charge in [-0.2, -0.15) is 0 Å². The highest BCUT2D eigenvalue weighted by Crippen LogP contribution is 2.28. The molecule has 0 saturated carbocycles. The highest BCUT2D eigenvalue weighted by molar-refractivity contribution is 5.95. The Kier molecular flexibility index (Phi) is 8.54. The highest BCUT2D eigenvalue weighted by atomic mass is 16.5. The molecule has 1 heterocycles. The SMILES string of the molecule is CCCCCCCCn1c(C(C)NC(=O)c2ccc(OC)c(OC)c2)nc2ccccc21. The lowest BCUT2D eigenvalue weighted by Crippen LogP contribution is -2.28. The van der Waals surface area contributed by atoms with Crippen molar-refractivity contribution in [2.75, 3.05) is 14.2 Å². The smallest absolute Gasteiger partial charge is 0.251 e. The number of nitrogens with zero attached hydrogens (tertiary/aromatic N) is 2. The van der Waals surface area contributed by atoms with E-state index in [-0.39, 0.29) is 11.9 Å². The fourth-order valence-electron chi connectivity index (χ4n) is 4.03. The van der Waals surface area contributed by atoms with Crippen LogP contribution in [0.15, 0.2) is 42.5 Å². The molecule has 0 radical (unpaired) electrons. The van der Waals surface area contributed by atoms with Crippen molar-refractivity contribution >= 4 is 16.9 Å². The van der Waals surface area contributed by atoms with E-state index in [1.165, 1.54) is 32.1 Å². The van der Waals surface area contributed by atoms with Crippen LogP contribution in [0.5, 0.6) is 11.5 Å². The third kappa shape index (κ3) is 5.61. The van der Waals surface area contributed by atoms with E-state index in [1.807, 2.05) is 25.1 Å². The number of carbonyl (C=O) groups excluding carboxylic acids is 1. The lowest BCUT2D eigenvalue weighted by molar-refractivity contribution is 0.0937. The summed E-state index contributed by atoms with van der Waals surface area (Å²) in [5.74, 6) is 1.84. The van der Waals surface area contributed by atoms with Gasteiger partial charge in [-0.1, -0.05) is 51.2 Å². The van der Waals surface area contributed by atoms with Crippen molar-refractivity contribution in [2.24, 2.45) is 0 Å². The molecule has 0 fully saturated rings. The third-order valence-electron chi connectivity index (χ3n) is 5.80. The molecule has 1 atom stereocenters. The van der Waals surface area contributed by atoms with E-state index in [2.05, 4.69) is 22.9 Å². The Balaban J connectivity index is 1.75. The summed E-state index contributed by atoms with van der Waals surface area (Å²) in [6.45, 7) is 5.12. The number of aromatic nitrogens is 2. The van der Waals surface area contributed by atoms with Crippen molar-refractivity contribution in [2.45, 2.75) is 65.0 Å². The summed E-state index contributed by atoms with van der Waals surface area (Å²) >= 11 is 0. The second kappa shape index (κ2) is 11.6. The maximum atomic E-state index is 12.9. The third-order valence-corrected chi connectivity index (χ3v) is 5.80. The largest absolute Gasteiger partial charge is 0.493 e. The number of fused-ring (bicyclic) bond motifs is 1. The van der Waals surface area contributed by atoms with Crippen LogP contribution >= 0.6 is 0 Å². The minimum absolute atomic E-state index is 0.170. The number of unbranched alkanes of at least 4 members (excludes halogenated alkanes) is 5. The first-order chi connectivity index (χ1) is 15.6. The van der Waals surface area contributed by atoms with Crippen molar-refractivity contribution < 1.29 is 14.3 Å². The maximum Gasteiger partial charge on any atom is 0.251 e. The Morgan fingerprint density at radius 1 is 1.00 bits per heavy atom. The zero-order valence-electron chi connectivity index (χ0n) is 19.7. The van der Waals surface area contributed by atoms with E-state index in [4.69, 9.17) is 14.5 Å². The highest BCUT2D eigenvalue weighted by Gasteiger charge is 2.20. The van der Waals surface area contributed by atoms with Gasteiger partial charge in [-0.15, -0.1) is 0 Å². The summed E-state index contributed by atoms with van der Waals surface area (Å²) in [7, 11) is 3.14. The van der Waals surface area contributed by atoms with Crippen LogP contribution in [0.2, 0.25) is 0 Å². The minimum atomic E-state index is -0.233. The van der Waals surface area contributed by atoms with E-state index < -0.39 is 0 Å². The fourth-order valence-corrected chi connectivity index (χ4v) is 4.03. The van der Waals surface area contributed by atoms with Crippen LogP contribution in [-0.4, -0.2) is 29.7 Å². The van der Waals surface area contributed by atoms with Gasteiger partial charge in [0.25, 0.3) is 5.91 Å². The normalized spacial score (nSPS) is 12.0. The molecule has 1 amide bonds. The van der Waals surface area contributed by atoms with E-state index in [9.17, 15) is 4.79 Å². The number of para-hydroxylation sites is 2. The van der Waals surface area contributed by atoms with Gasteiger partial charge in [-0.05, 0) is 43.7 Å². The quantitative estimate of drug-likeness (QED) is 0.358. The predicted molar refractivity (Wildman–Crippen MR) is 129 cm³/mol. The van der Waals surface area contributed by atoms with Crippen molar-refractivity contribution in [3.8, 4) is 11.5 Å². The maximum absolute atomic E-state index is 12.9. The molecule has 6 heteroatoms. The number of carbonyl (C=O) groups is 1.